The number of carbonyl (C=O) groups is 3. The van der Waals surface area contributed by atoms with E-state index in [1.807, 2.05) is 27.7 Å². The Morgan fingerprint density at radius 1 is 1.25 bits per heavy atom. The van der Waals surface area contributed by atoms with E-state index in [0.29, 0.717) is 23.6 Å². The van der Waals surface area contributed by atoms with Crippen LogP contribution in [-0.4, -0.2) is 34.2 Å². The Kier molecular flexibility index (Phi) is 5.33. The predicted octanol–water partition coefficient (Wildman–Crippen LogP) is 3.40. The van der Waals surface area contributed by atoms with Gasteiger partial charge in [-0.1, -0.05) is 18.5 Å². The number of anilines is 1. The van der Waals surface area contributed by atoms with Gasteiger partial charge in [-0.3, -0.25) is 14.4 Å². The molecule has 130 valence electrons. The largest absolute Gasteiger partial charge is 0.325 e. The molecule has 0 N–H and O–H groups in total. The number of carbonyl (C=O) groups excluding carboxylic acids is 3. The van der Waals surface area contributed by atoms with Crippen molar-refractivity contribution in [2.24, 2.45) is 0 Å². The topological polar surface area (TPSA) is 57.7 Å². The summed E-state index contributed by atoms with van der Waals surface area (Å²) in [6, 6.07) is 5.78. The molecule has 1 aliphatic rings. The smallest absolute Gasteiger partial charge is 0.257 e. The third-order valence-electron chi connectivity index (χ3n) is 3.97. The minimum Gasteiger partial charge on any atom is -0.325 e. The van der Waals surface area contributed by atoms with Crippen molar-refractivity contribution < 1.29 is 14.4 Å². The molecule has 0 aromatic heterocycles. The van der Waals surface area contributed by atoms with E-state index in [-0.39, 0.29) is 24.1 Å². The highest BCUT2D eigenvalue weighted by atomic mass is 35.5. The van der Waals surface area contributed by atoms with Gasteiger partial charge in [0.25, 0.3) is 5.91 Å². The molecule has 1 heterocycles. The van der Waals surface area contributed by atoms with E-state index in [9.17, 15) is 14.4 Å². The molecular formula is C18H23ClN2O3. The minimum atomic E-state index is -0.757. The molecule has 0 bridgehead atoms. The fourth-order valence-corrected chi connectivity index (χ4v) is 3.15. The van der Waals surface area contributed by atoms with Gasteiger partial charge in [-0.15, -0.1) is 0 Å². The number of halogens is 1. The molecular weight excluding hydrogens is 328 g/mol. The summed E-state index contributed by atoms with van der Waals surface area (Å²) in [5.41, 5.74) is -0.0585. The van der Waals surface area contributed by atoms with Crippen LogP contribution < -0.4 is 4.90 Å². The number of hydrogen-bond donors (Lipinski definition) is 0. The minimum absolute atomic E-state index is 0.00812. The summed E-state index contributed by atoms with van der Waals surface area (Å²) in [6.07, 6.45) is 1.06. The molecule has 24 heavy (non-hydrogen) atoms. The molecule has 0 spiro atoms. The Labute approximate surface area is 147 Å². The van der Waals surface area contributed by atoms with Crippen LogP contribution in [0.15, 0.2) is 24.3 Å². The fourth-order valence-electron chi connectivity index (χ4n) is 3.03. The van der Waals surface area contributed by atoms with E-state index in [2.05, 4.69) is 0 Å². The Balaban J connectivity index is 2.34. The predicted molar refractivity (Wildman–Crippen MR) is 93.9 cm³/mol. The van der Waals surface area contributed by atoms with Crippen molar-refractivity contribution >= 4 is 35.0 Å². The van der Waals surface area contributed by atoms with Gasteiger partial charge >= 0.3 is 0 Å². The van der Waals surface area contributed by atoms with Crippen molar-refractivity contribution in [1.29, 1.82) is 0 Å². The van der Waals surface area contributed by atoms with Crippen LogP contribution in [-0.2, 0) is 14.4 Å². The van der Waals surface area contributed by atoms with Gasteiger partial charge in [0.15, 0.2) is 0 Å². The van der Waals surface area contributed by atoms with Crippen molar-refractivity contribution in [3.05, 3.63) is 29.3 Å². The van der Waals surface area contributed by atoms with Crippen LogP contribution in [0.3, 0.4) is 0 Å². The SMILES string of the molecule is CCCC(=O)N(C1CC(=O)N(c2ccc(Cl)cc2)C1=O)C(C)(C)C. The second-order valence-electron chi connectivity index (χ2n) is 6.95. The first kappa shape index (κ1) is 18.5. The van der Waals surface area contributed by atoms with Crippen molar-refractivity contribution in [2.75, 3.05) is 4.90 Å². The summed E-state index contributed by atoms with van der Waals surface area (Å²) in [7, 11) is 0. The molecule has 1 atom stereocenters. The standard InChI is InChI=1S/C18H23ClN2O3/c1-5-6-15(22)21(18(2,3)4)14-11-16(23)20(17(14)24)13-9-7-12(19)8-10-13/h7-10,14H,5-6,11H2,1-4H3. The molecule has 2 rings (SSSR count). The van der Waals surface area contributed by atoms with E-state index < -0.39 is 11.6 Å². The molecule has 5 nitrogen and oxygen atoms in total. The Morgan fingerprint density at radius 2 is 1.83 bits per heavy atom. The van der Waals surface area contributed by atoms with Crippen LogP contribution in [0.5, 0.6) is 0 Å². The zero-order valence-corrected chi connectivity index (χ0v) is 15.3. The van der Waals surface area contributed by atoms with E-state index in [1.165, 1.54) is 0 Å². The van der Waals surface area contributed by atoms with E-state index in [1.54, 1.807) is 29.2 Å². The number of benzene rings is 1. The van der Waals surface area contributed by atoms with Gasteiger partial charge in [-0.2, -0.15) is 0 Å². The van der Waals surface area contributed by atoms with Crippen LogP contribution in [0.2, 0.25) is 5.02 Å². The zero-order chi connectivity index (χ0) is 18.1. The molecule has 1 fully saturated rings. The average molecular weight is 351 g/mol. The van der Waals surface area contributed by atoms with Gasteiger partial charge in [0, 0.05) is 17.0 Å². The van der Waals surface area contributed by atoms with Gasteiger partial charge in [0.05, 0.1) is 12.1 Å². The molecule has 0 saturated carbocycles. The quantitative estimate of drug-likeness (QED) is 0.782. The van der Waals surface area contributed by atoms with Crippen LogP contribution in [0.1, 0.15) is 47.0 Å². The lowest BCUT2D eigenvalue weighted by Crippen LogP contribution is -2.54. The zero-order valence-electron chi connectivity index (χ0n) is 14.5. The molecule has 0 aliphatic carbocycles. The molecule has 1 aliphatic heterocycles. The Morgan fingerprint density at radius 3 is 2.33 bits per heavy atom. The highest BCUT2D eigenvalue weighted by Gasteiger charge is 2.47. The number of rotatable bonds is 4. The summed E-state index contributed by atoms with van der Waals surface area (Å²) in [5, 5.41) is 0.531. The van der Waals surface area contributed by atoms with Gasteiger partial charge in [-0.25, -0.2) is 4.90 Å². The average Bonchev–Trinajstić information content (AvgIpc) is 2.74. The lowest BCUT2D eigenvalue weighted by Gasteiger charge is -2.39. The number of amides is 3. The normalized spacial score (nSPS) is 18.2. The van der Waals surface area contributed by atoms with E-state index >= 15 is 0 Å². The van der Waals surface area contributed by atoms with Crippen LogP contribution in [0, 0.1) is 0 Å². The summed E-state index contributed by atoms with van der Waals surface area (Å²) in [6.45, 7) is 7.55. The summed E-state index contributed by atoms with van der Waals surface area (Å²) in [5.74, 6) is -0.762. The van der Waals surface area contributed by atoms with Crippen LogP contribution in [0.4, 0.5) is 5.69 Å². The summed E-state index contributed by atoms with van der Waals surface area (Å²) in [4.78, 5) is 40.6. The molecule has 1 unspecified atom stereocenters. The van der Waals surface area contributed by atoms with E-state index in [4.69, 9.17) is 11.6 Å². The van der Waals surface area contributed by atoms with Gasteiger partial charge in [0.2, 0.25) is 11.8 Å². The summed E-state index contributed by atoms with van der Waals surface area (Å²) >= 11 is 5.87. The second-order valence-corrected chi connectivity index (χ2v) is 7.38. The third kappa shape index (κ3) is 3.61. The molecule has 1 aromatic rings. The molecule has 1 saturated heterocycles. The first-order valence-electron chi connectivity index (χ1n) is 8.11. The summed E-state index contributed by atoms with van der Waals surface area (Å²) < 4.78 is 0. The first-order chi connectivity index (χ1) is 11.2. The fraction of sp³-hybridized carbons (Fsp3) is 0.500. The molecule has 1 aromatic carbocycles. The molecule has 3 amide bonds. The van der Waals surface area contributed by atoms with Crippen LogP contribution in [0.25, 0.3) is 0 Å². The Hall–Kier alpha value is -1.88. The van der Waals surface area contributed by atoms with Crippen molar-refractivity contribution in [1.82, 2.24) is 4.90 Å². The van der Waals surface area contributed by atoms with Crippen LogP contribution >= 0.6 is 11.6 Å². The van der Waals surface area contributed by atoms with Crippen molar-refractivity contribution in [3.8, 4) is 0 Å². The first-order valence-corrected chi connectivity index (χ1v) is 8.49. The van der Waals surface area contributed by atoms with E-state index in [0.717, 1.165) is 4.90 Å². The highest BCUT2D eigenvalue weighted by Crippen LogP contribution is 2.30. The monoisotopic (exact) mass is 350 g/mol. The third-order valence-corrected chi connectivity index (χ3v) is 4.23. The molecule has 0 radical (unpaired) electrons. The maximum atomic E-state index is 12.9. The van der Waals surface area contributed by atoms with Crippen molar-refractivity contribution in [2.45, 2.75) is 58.5 Å². The maximum Gasteiger partial charge on any atom is 0.257 e. The Bertz CT molecular complexity index is 649. The number of hydrogen-bond acceptors (Lipinski definition) is 3. The molecule has 6 heteroatoms. The highest BCUT2D eigenvalue weighted by molar-refractivity contribution is 6.30. The van der Waals surface area contributed by atoms with Crippen molar-refractivity contribution in [3.63, 3.8) is 0 Å². The van der Waals surface area contributed by atoms with Gasteiger partial charge in [-0.05, 0) is 51.5 Å². The second kappa shape index (κ2) is 6.93. The number of imide groups is 1. The van der Waals surface area contributed by atoms with Gasteiger partial charge < -0.3 is 4.90 Å². The lowest BCUT2D eigenvalue weighted by atomic mass is 10.0. The van der Waals surface area contributed by atoms with Gasteiger partial charge in [0.1, 0.15) is 6.04 Å². The maximum absolute atomic E-state index is 12.9. The number of nitrogens with zero attached hydrogens (tertiary/aromatic N) is 2. The lowest BCUT2D eigenvalue weighted by molar-refractivity contribution is -0.144.